The van der Waals surface area contributed by atoms with E-state index in [1.165, 1.54) is 13.0 Å². The largest absolute Gasteiger partial charge is 0.507 e. The molecule has 0 saturated carbocycles. The molecule has 0 atom stereocenters. The Morgan fingerprint density at radius 2 is 2.06 bits per heavy atom. The first kappa shape index (κ1) is 13.8. The molecule has 1 aromatic rings. The van der Waals surface area contributed by atoms with Gasteiger partial charge in [0.05, 0.1) is 12.2 Å². The second-order valence-electron chi connectivity index (χ2n) is 3.71. The number of benzene rings is 1. The van der Waals surface area contributed by atoms with Crippen molar-refractivity contribution in [1.29, 1.82) is 0 Å². The molecule has 1 N–H and O–H groups in total. The van der Waals surface area contributed by atoms with Crippen LogP contribution in [0.4, 0.5) is 0 Å². The average Bonchev–Trinajstić information content (AvgIpc) is 2.29. The highest BCUT2D eigenvalue weighted by Gasteiger charge is 2.09. The zero-order valence-corrected chi connectivity index (χ0v) is 10.5. The smallest absolute Gasteiger partial charge is 0.384 e. The van der Waals surface area contributed by atoms with Crippen LogP contribution in [0.15, 0.2) is 12.1 Å². The molecular formula is C14H14O4. The fourth-order valence-electron chi connectivity index (χ4n) is 1.40. The second-order valence-corrected chi connectivity index (χ2v) is 3.71. The summed E-state index contributed by atoms with van der Waals surface area (Å²) in [7, 11) is 0. The highest BCUT2D eigenvalue weighted by molar-refractivity contribution is 5.97. The summed E-state index contributed by atoms with van der Waals surface area (Å²) in [5.74, 6) is 3.94. The maximum Gasteiger partial charge on any atom is 0.384 e. The van der Waals surface area contributed by atoms with Crippen molar-refractivity contribution in [3.05, 3.63) is 28.8 Å². The summed E-state index contributed by atoms with van der Waals surface area (Å²) >= 11 is 0. The first-order valence-electron chi connectivity index (χ1n) is 5.49. The Morgan fingerprint density at radius 1 is 1.39 bits per heavy atom. The summed E-state index contributed by atoms with van der Waals surface area (Å²) in [4.78, 5) is 22.3. The molecule has 1 rings (SSSR count). The average molecular weight is 246 g/mol. The van der Waals surface area contributed by atoms with E-state index in [2.05, 4.69) is 16.6 Å². The van der Waals surface area contributed by atoms with Gasteiger partial charge in [-0.05, 0) is 38.5 Å². The number of aryl methyl sites for hydroxylation is 1. The summed E-state index contributed by atoms with van der Waals surface area (Å²) in [6, 6.07) is 2.92. The quantitative estimate of drug-likeness (QED) is 0.491. The maximum atomic E-state index is 11.2. The molecule has 1 aromatic carbocycles. The van der Waals surface area contributed by atoms with E-state index in [0.29, 0.717) is 5.56 Å². The van der Waals surface area contributed by atoms with Gasteiger partial charge in [-0.25, -0.2) is 4.79 Å². The number of hydrogen-bond acceptors (Lipinski definition) is 4. The molecule has 94 valence electrons. The van der Waals surface area contributed by atoms with Crippen LogP contribution in [0, 0.1) is 18.8 Å². The fourth-order valence-corrected chi connectivity index (χ4v) is 1.40. The number of ketones is 1. The number of phenolic OH excluding ortho intramolecular Hbond substituents is 1. The van der Waals surface area contributed by atoms with Crippen molar-refractivity contribution in [3.63, 3.8) is 0 Å². The van der Waals surface area contributed by atoms with Crippen molar-refractivity contribution >= 4 is 11.8 Å². The van der Waals surface area contributed by atoms with Crippen molar-refractivity contribution in [1.82, 2.24) is 0 Å². The summed E-state index contributed by atoms with van der Waals surface area (Å²) < 4.78 is 4.67. The maximum absolute atomic E-state index is 11.2. The number of rotatable bonds is 2. The lowest BCUT2D eigenvalue weighted by molar-refractivity contribution is -0.136. The molecule has 0 aliphatic rings. The van der Waals surface area contributed by atoms with Crippen LogP contribution in [0.25, 0.3) is 0 Å². The molecule has 0 saturated heterocycles. The predicted octanol–water partition coefficient (Wildman–Crippen LogP) is 1.82. The molecule has 0 spiro atoms. The van der Waals surface area contributed by atoms with Crippen molar-refractivity contribution in [2.24, 2.45) is 0 Å². The minimum absolute atomic E-state index is 0.138. The van der Waals surface area contributed by atoms with Gasteiger partial charge in [0, 0.05) is 11.5 Å². The highest BCUT2D eigenvalue weighted by atomic mass is 16.5. The Kier molecular flexibility index (Phi) is 4.50. The number of carbonyl (C=O) groups is 2. The lowest BCUT2D eigenvalue weighted by Crippen LogP contribution is -2.00. The molecule has 0 aliphatic heterocycles. The van der Waals surface area contributed by atoms with Gasteiger partial charge in [-0.3, -0.25) is 4.79 Å². The van der Waals surface area contributed by atoms with Crippen molar-refractivity contribution in [2.75, 3.05) is 6.61 Å². The van der Waals surface area contributed by atoms with E-state index in [1.54, 1.807) is 19.9 Å². The first-order valence-corrected chi connectivity index (χ1v) is 5.49. The van der Waals surface area contributed by atoms with Gasteiger partial charge >= 0.3 is 5.97 Å². The minimum Gasteiger partial charge on any atom is -0.507 e. The van der Waals surface area contributed by atoms with E-state index < -0.39 is 5.97 Å². The highest BCUT2D eigenvalue weighted by Crippen LogP contribution is 2.22. The minimum atomic E-state index is -0.618. The van der Waals surface area contributed by atoms with Gasteiger partial charge in [0.25, 0.3) is 0 Å². The lowest BCUT2D eigenvalue weighted by atomic mass is 10.0. The summed E-state index contributed by atoms with van der Waals surface area (Å²) in [6.07, 6.45) is 0. The molecule has 0 aliphatic carbocycles. The van der Waals surface area contributed by atoms with E-state index >= 15 is 0 Å². The number of aromatic hydroxyl groups is 1. The monoisotopic (exact) mass is 246 g/mol. The van der Waals surface area contributed by atoms with Gasteiger partial charge < -0.3 is 9.84 Å². The third-order valence-electron chi connectivity index (χ3n) is 2.30. The van der Waals surface area contributed by atoms with Crippen LogP contribution in [-0.2, 0) is 9.53 Å². The van der Waals surface area contributed by atoms with Gasteiger partial charge in [0.2, 0.25) is 0 Å². The zero-order valence-electron chi connectivity index (χ0n) is 10.5. The van der Waals surface area contributed by atoms with Crippen molar-refractivity contribution in [3.8, 4) is 17.6 Å². The number of esters is 1. The Hall–Kier alpha value is -2.28. The summed E-state index contributed by atoms with van der Waals surface area (Å²) in [5, 5.41) is 9.65. The summed E-state index contributed by atoms with van der Waals surface area (Å²) in [6.45, 7) is 5.08. The van der Waals surface area contributed by atoms with Crippen LogP contribution < -0.4 is 0 Å². The third kappa shape index (κ3) is 3.36. The van der Waals surface area contributed by atoms with E-state index in [0.717, 1.165) is 5.56 Å². The van der Waals surface area contributed by atoms with Gasteiger partial charge in [-0.2, -0.15) is 0 Å². The van der Waals surface area contributed by atoms with Crippen LogP contribution in [-0.4, -0.2) is 23.5 Å². The van der Waals surface area contributed by atoms with Crippen LogP contribution in [0.5, 0.6) is 5.75 Å². The SMILES string of the molecule is CCOC(=O)C#Cc1cc(O)c(C(C)=O)cc1C. The van der Waals surface area contributed by atoms with E-state index in [4.69, 9.17) is 0 Å². The standard InChI is InChI=1S/C14H14O4/c1-4-18-14(17)6-5-11-8-13(16)12(10(3)15)7-9(11)2/h7-8,16H,4H2,1-3H3. The lowest BCUT2D eigenvalue weighted by Gasteiger charge is -2.04. The molecule has 0 heterocycles. The van der Waals surface area contributed by atoms with Gasteiger partial charge in [-0.1, -0.05) is 5.92 Å². The van der Waals surface area contributed by atoms with Crippen LogP contribution in [0.3, 0.4) is 0 Å². The Labute approximate surface area is 106 Å². The molecule has 0 radical (unpaired) electrons. The van der Waals surface area contributed by atoms with Crippen LogP contribution in [0.1, 0.15) is 35.3 Å². The molecule has 4 nitrogen and oxygen atoms in total. The van der Waals surface area contributed by atoms with Crippen LogP contribution >= 0.6 is 0 Å². The van der Waals surface area contributed by atoms with Gasteiger partial charge in [0.1, 0.15) is 5.75 Å². The molecule has 0 fully saturated rings. The van der Waals surface area contributed by atoms with E-state index in [9.17, 15) is 14.7 Å². The first-order chi connectivity index (χ1) is 8.45. The molecular weight excluding hydrogens is 232 g/mol. The zero-order chi connectivity index (χ0) is 13.7. The van der Waals surface area contributed by atoms with Crippen molar-refractivity contribution < 1.29 is 19.4 Å². The topological polar surface area (TPSA) is 63.6 Å². The second kappa shape index (κ2) is 5.87. The van der Waals surface area contributed by atoms with Gasteiger partial charge in [-0.15, -0.1) is 0 Å². The Bertz CT molecular complexity index is 547. The summed E-state index contributed by atoms with van der Waals surface area (Å²) in [5.41, 5.74) is 1.45. The number of hydrogen-bond donors (Lipinski definition) is 1. The molecule has 0 amide bonds. The van der Waals surface area contributed by atoms with Crippen LogP contribution in [0.2, 0.25) is 0 Å². The van der Waals surface area contributed by atoms with E-state index in [-0.39, 0.29) is 23.7 Å². The van der Waals surface area contributed by atoms with E-state index in [1.807, 2.05) is 0 Å². The predicted molar refractivity (Wildman–Crippen MR) is 66.4 cm³/mol. The number of carbonyl (C=O) groups excluding carboxylic acids is 2. The van der Waals surface area contributed by atoms with Crippen molar-refractivity contribution in [2.45, 2.75) is 20.8 Å². The number of Topliss-reactive ketones (excluding diaryl/α,β-unsaturated/α-hetero) is 1. The molecule has 4 heteroatoms. The number of phenols is 1. The Balaban J connectivity index is 3.09. The normalized spacial score (nSPS) is 9.28. The Morgan fingerprint density at radius 3 is 2.61 bits per heavy atom. The molecule has 0 bridgehead atoms. The third-order valence-corrected chi connectivity index (χ3v) is 2.30. The fraction of sp³-hybridized carbons (Fsp3) is 0.286. The van der Waals surface area contributed by atoms with Gasteiger partial charge in [0.15, 0.2) is 5.78 Å². The molecule has 0 aromatic heterocycles. The molecule has 18 heavy (non-hydrogen) atoms. The number of ether oxygens (including phenoxy) is 1. The molecule has 0 unspecified atom stereocenters.